The predicted molar refractivity (Wildman–Crippen MR) is 69.7 cm³/mol. The molecule has 2 aromatic rings. The number of methoxy groups -OCH3 is 1. The highest BCUT2D eigenvalue weighted by Crippen LogP contribution is 2.24. The minimum Gasteiger partial charge on any atom is -0.453 e. The van der Waals surface area contributed by atoms with Crippen LogP contribution in [0.1, 0.15) is 11.1 Å². The van der Waals surface area contributed by atoms with Gasteiger partial charge in [-0.3, -0.25) is 0 Å². The zero-order valence-electron chi connectivity index (χ0n) is 10.4. The van der Waals surface area contributed by atoms with Crippen LogP contribution < -0.4 is 0 Å². The summed E-state index contributed by atoms with van der Waals surface area (Å²) in [5.74, 6) is 0. The van der Waals surface area contributed by atoms with Gasteiger partial charge in [0.25, 0.3) is 0 Å². The molecule has 1 aliphatic heterocycles. The number of hydrogen-bond acceptors (Lipinski definition) is 2. The van der Waals surface area contributed by atoms with E-state index in [9.17, 15) is 4.79 Å². The van der Waals surface area contributed by atoms with Crippen molar-refractivity contribution in [1.29, 1.82) is 0 Å². The van der Waals surface area contributed by atoms with Gasteiger partial charge in [0.1, 0.15) is 0 Å². The lowest BCUT2D eigenvalue weighted by atomic mass is 10.0. The predicted octanol–water partition coefficient (Wildman–Crippen LogP) is 2.33. The number of aromatic nitrogens is 1. The van der Waals surface area contributed by atoms with Crippen LogP contribution in [0, 0.1) is 0 Å². The van der Waals surface area contributed by atoms with E-state index in [0.29, 0.717) is 0 Å². The standard InChI is InChI=1S/C14H16N2O2/c1-18-14(17)16-8-5-10-2-3-11-4-7-15-13(11)12(10)6-9-16/h2-4,7,15H,5-6,8-9H2,1H3. The monoisotopic (exact) mass is 244 g/mol. The number of carbonyl (C=O) groups excluding carboxylic acids is 1. The van der Waals surface area contributed by atoms with Gasteiger partial charge in [-0.2, -0.15) is 0 Å². The largest absolute Gasteiger partial charge is 0.453 e. The van der Waals surface area contributed by atoms with Crippen molar-refractivity contribution in [2.45, 2.75) is 12.8 Å². The molecule has 0 bridgehead atoms. The first-order valence-corrected chi connectivity index (χ1v) is 6.20. The first-order chi connectivity index (χ1) is 8.79. The quantitative estimate of drug-likeness (QED) is 0.773. The molecule has 3 rings (SSSR count). The first-order valence-electron chi connectivity index (χ1n) is 6.20. The smallest absolute Gasteiger partial charge is 0.409 e. The maximum absolute atomic E-state index is 11.6. The molecule has 1 aromatic carbocycles. The van der Waals surface area contributed by atoms with Crippen LogP contribution in [0.15, 0.2) is 24.4 Å². The molecule has 0 aliphatic carbocycles. The van der Waals surface area contributed by atoms with Crippen molar-refractivity contribution < 1.29 is 9.53 Å². The highest BCUT2D eigenvalue weighted by Gasteiger charge is 2.20. The number of aromatic amines is 1. The molecular weight excluding hydrogens is 228 g/mol. The molecule has 0 radical (unpaired) electrons. The van der Waals surface area contributed by atoms with Crippen molar-refractivity contribution in [1.82, 2.24) is 9.88 Å². The molecule has 1 aliphatic rings. The van der Waals surface area contributed by atoms with Crippen molar-refractivity contribution in [3.05, 3.63) is 35.5 Å². The van der Waals surface area contributed by atoms with Gasteiger partial charge in [0, 0.05) is 24.8 Å². The number of hydrogen-bond donors (Lipinski definition) is 1. The Morgan fingerprint density at radius 2 is 2.11 bits per heavy atom. The Kier molecular flexibility index (Phi) is 2.70. The van der Waals surface area contributed by atoms with E-state index in [-0.39, 0.29) is 6.09 Å². The van der Waals surface area contributed by atoms with Crippen LogP contribution in [-0.4, -0.2) is 36.2 Å². The third-order valence-corrected chi connectivity index (χ3v) is 3.65. The van der Waals surface area contributed by atoms with E-state index in [1.165, 1.54) is 29.1 Å². The summed E-state index contributed by atoms with van der Waals surface area (Å²) in [6.45, 7) is 1.45. The topological polar surface area (TPSA) is 45.3 Å². The summed E-state index contributed by atoms with van der Waals surface area (Å²) in [5.41, 5.74) is 3.87. The number of benzene rings is 1. The van der Waals surface area contributed by atoms with Crippen molar-refractivity contribution in [3.63, 3.8) is 0 Å². The fourth-order valence-electron chi connectivity index (χ4n) is 2.68. The number of fused-ring (bicyclic) bond motifs is 3. The number of amides is 1. The van der Waals surface area contributed by atoms with Crippen molar-refractivity contribution in [3.8, 4) is 0 Å². The van der Waals surface area contributed by atoms with Gasteiger partial charge in [0.15, 0.2) is 0 Å². The van der Waals surface area contributed by atoms with Crippen LogP contribution >= 0.6 is 0 Å². The molecule has 18 heavy (non-hydrogen) atoms. The average molecular weight is 244 g/mol. The molecule has 1 aromatic heterocycles. The Morgan fingerprint density at radius 1 is 1.28 bits per heavy atom. The van der Waals surface area contributed by atoms with Crippen molar-refractivity contribution in [2.24, 2.45) is 0 Å². The SMILES string of the molecule is COC(=O)N1CCc2ccc3cc[nH]c3c2CC1. The second kappa shape index (κ2) is 4.37. The summed E-state index contributed by atoms with van der Waals surface area (Å²) in [6.07, 6.45) is 3.50. The summed E-state index contributed by atoms with van der Waals surface area (Å²) in [7, 11) is 1.43. The first kappa shape index (κ1) is 11.1. The van der Waals surface area contributed by atoms with Crippen LogP contribution in [0.3, 0.4) is 0 Å². The van der Waals surface area contributed by atoms with E-state index in [1.54, 1.807) is 4.90 Å². The number of nitrogens with one attached hydrogen (secondary N) is 1. The lowest BCUT2D eigenvalue weighted by molar-refractivity contribution is 0.125. The Morgan fingerprint density at radius 3 is 2.94 bits per heavy atom. The molecule has 4 nitrogen and oxygen atoms in total. The van der Waals surface area contributed by atoms with E-state index in [2.05, 4.69) is 23.2 Å². The number of nitrogens with zero attached hydrogens (tertiary/aromatic N) is 1. The van der Waals surface area contributed by atoms with E-state index in [1.807, 2.05) is 6.20 Å². The third-order valence-electron chi connectivity index (χ3n) is 3.65. The van der Waals surface area contributed by atoms with E-state index < -0.39 is 0 Å². The summed E-state index contributed by atoms with van der Waals surface area (Å²) >= 11 is 0. The van der Waals surface area contributed by atoms with Crippen LogP contribution in [0.5, 0.6) is 0 Å². The number of carbonyl (C=O) groups is 1. The van der Waals surface area contributed by atoms with Gasteiger partial charge >= 0.3 is 6.09 Å². The lowest BCUT2D eigenvalue weighted by Gasteiger charge is -2.17. The Bertz CT molecular complexity index is 588. The maximum Gasteiger partial charge on any atom is 0.409 e. The van der Waals surface area contributed by atoms with Gasteiger partial charge in [-0.15, -0.1) is 0 Å². The lowest BCUT2D eigenvalue weighted by Crippen LogP contribution is -2.33. The van der Waals surface area contributed by atoms with Gasteiger partial charge in [-0.05, 0) is 35.4 Å². The highest BCUT2D eigenvalue weighted by atomic mass is 16.5. The second-order valence-corrected chi connectivity index (χ2v) is 4.60. The average Bonchev–Trinajstić information content (AvgIpc) is 2.77. The molecule has 2 heterocycles. The molecule has 0 saturated heterocycles. The molecule has 0 saturated carbocycles. The molecule has 4 heteroatoms. The number of H-pyrrole nitrogens is 1. The fraction of sp³-hybridized carbons (Fsp3) is 0.357. The number of rotatable bonds is 0. The Hall–Kier alpha value is -1.97. The normalized spacial score (nSPS) is 15.3. The van der Waals surface area contributed by atoms with Gasteiger partial charge in [-0.25, -0.2) is 4.79 Å². The Labute approximate surface area is 106 Å². The molecule has 0 unspecified atom stereocenters. The fourth-order valence-corrected chi connectivity index (χ4v) is 2.68. The summed E-state index contributed by atoms with van der Waals surface area (Å²) in [6, 6.07) is 6.39. The molecule has 0 atom stereocenters. The van der Waals surface area contributed by atoms with E-state index in [0.717, 1.165) is 25.9 Å². The van der Waals surface area contributed by atoms with Gasteiger partial charge < -0.3 is 14.6 Å². The molecule has 94 valence electrons. The molecule has 0 fully saturated rings. The summed E-state index contributed by atoms with van der Waals surface area (Å²) in [4.78, 5) is 16.7. The number of ether oxygens (including phenoxy) is 1. The van der Waals surface area contributed by atoms with Crippen molar-refractivity contribution >= 4 is 17.0 Å². The van der Waals surface area contributed by atoms with Crippen LogP contribution in [0.25, 0.3) is 10.9 Å². The molecule has 0 spiro atoms. The highest BCUT2D eigenvalue weighted by molar-refractivity contribution is 5.84. The van der Waals surface area contributed by atoms with Gasteiger partial charge in [0.2, 0.25) is 0 Å². The third kappa shape index (κ3) is 1.74. The van der Waals surface area contributed by atoms with Crippen molar-refractivity contribution in [2.75, 3.05) is 20.2 Å². The molecule has 1 amide bonds. The van der Waals surface area contributed by atoms with Gasteiger partial charge in [0.05, 0.1) is 7.11 Å². The summed E-state index contributed by atoms with van der Waals surface area (Å²) in [5, 5.41) is 1.24. The second-order valence-electron chi connectivity index (χ2n) is 4.60. The zero-order valence-corrected chi connectivity index (χ0v) is 10.4. The maximum atomic E-state index is 11.6. The van der Waals surface area contributed by atoms with E-state index >= 15 is 0 Å². The van der Waals surface area contributed by atoms with Crippen LogP contribution in [-0.2, 0) is 17.6 Å². The van der Waals surface area contributed by atoms with Gasteiger partial charge in [-0.1, -0.05) is 12.1 Å². The Balaban J connectivity index is 1.95. The molecule has 1 N–H and O–H groups in total. The molecular formula is C14H16N2O2. The minimum absolute atomic E-state index is 0.231. The minimum atomic E-state index is -0.231. The van der Waals surface area contributed by atoms with Crippen LogP contribution in [0.2, 0.25) is 0 Å². The van der Waals surface area contributed by atoms with Crippen LogP contribution in [0.4, 0.5) is 4.79 Å². The zero-order chi connectivity index (χ0) is 12.5. The summed E-state index contributed by atoms with van der Waals surface area (Å²) < 4.78 is 4.80. The van der Waals surface area contributed by atoms with E-state index in [4.69, 9.17) is 4.74 Å².